The van der Waals surface area contributed by atoms with E-state index in [9.17, 15) is 4.39 Å². The second-order valence-electron chi connectivity index (χ2n) is 2.93. The second-order valence-corrected chi connectivity index (χ2v) is 2.93. The fourth-order valence-electron chi connectivity index (χ4n) is 1.17. The van der Waals surface area contributed by atoms with Crippen LogP contribution in [0.15, 0.2) is 23.8 Å². The minimum atomic E-state index is -0.465. The molecule has 0 aliphatic heterocycles. The normalized spacial score (nSPS) is 8.75. The van der Waals surface area contributed by atoms with Gasteiger partial charge < -0.3 is 4.74 Å². The zero-order chi connectivity index (χ0) is 12.0. The second kappa shape index (κ2) is 5.53. The summed E-state index contributed by atoms with van der Waals surface area (Å²) in [6.07, 6.45) is 1.31. The summed E-state index contributed by atoms with van der Waals surface area (Å²) >= 11 is 0. The topological polar surface area (TPSA) is 56.8 Å². The average Bonchev–Trinajstić information content (AvgIpc) is 2.25. The molecule has 3 nitrogen and oxygen atoms in total. The number of hydrogen-bond acceptors (Lipinski definition) is 3. The van der Waals surface area contributed by atoms with Gasteiger partial charge in [-0.3, -0.25) is 0 Å². The van der Waals surface area contributed by atoms with Gasteiger partial charge in [0.15, 0.2) is 0 Å². The van der Waals surface area contributed by atoms with Gasteiger partial charge >= 0.3 is 0 Å². The largest absolute Gasteiger partial charge is 0.494 e. The lowest BCUT2D eigenvalue weighted by molar-refractivity contribution is 0.338. The number of halogens is 1. The SMILES string of the molecule is CCOc1cc(F)cc(C=C(C#N)C#N)c1. The highest BCUT2D eigenvalue weighted by molar-refractivity contribution is 5.63. The van der Waals surface area contributed by atoms with Crippen LogP contribution in [-0.4, -0.2) is 6.61 Å². The van der Waals surface area contributed by atoms with Gasteiger partial charge in [0.2, 0.25) is 0 Å². The molecule has 0 spiro atoms. The van der Waals surface area contributed by atoms with Crippen molar-refractivity contribution in [2.45, 2.75) is 6.92 Å². The lowest BCUT2D eigenvalue weighted by Gasteiger charge is -2.04. The third-order valence-corrected chi connectivity index (χ3v) is 1.76. The Morgan fingerprint density at radius 3 is 2.62 bits per heavy atom. The molecule has 4 heteroatoms. The molecule has 1 aromatic carbocycles. The lowest BCUT2D eigenvalue weighted by atomic mass is 10.1. The number of allylic oxidation sites excluding steroid dienone is 1. The van der Waals surface area contributed by atoms with Gasteiger partial charge in [-0.05, 0) is 30.7 Å². The number of rotatable bonds is 3. The van der Waals surface area contributed by atoms with Crippen molar-refractivity contribution in [1.29, 1.82) is 10.5 Å². The van der Waals surface area contributed by atoms with E-state index >= 15 is 0 Å². The number of nitriles is 2. The Morgan fingerprint density at radius 1 is 1.38 bits per heavy atom. The summed E-state index contributed by atoms with van der Waals surface area (Å²) in [5.74, 6) is -0.0867. The molecule has 0 N–H and O–H groups in total. The van der Waals surface area contributed by atoms with Crippen molar-refractivity contribution in [3.05, 3.63) is 35.2 Å². The van der Waals surface area contributed by atoms with Crippen LogP contribution in [-0.2, 0) is 0 Å². The molecule has 1 rings (SSSR count). The quantitative estimate of drug-likeness (QED) is 0.730. The Labute approximate surface area is 93.0 Å². The van der Waals surface area contributed by atoms with E-state index in [0.717, 1.165) is 0 Å². The summed E-state index contributed by atoms with van der Waals surface area (Å²) in [6.45, 7) is 2.21. The lowest BCUT2D eigenvalue weighted by Crippen LogP contribution is -1.92. The van der Waals surface area contributed by atoms with Gasteiger partial charge in [-0.1, -0.05) is 0 Å². The summed E-state index contributed by atoms with van der Waals surface area (Å²) in [5, 5.41) is 17.1. The van der Waals surface area contributed by atoms with E-state index in [1.807, 2.05) is 0 Å². The highest BCUT2D eigenvalue weighted by Gasteiger charge is 2.01. The van der Waals surface area contributed by atoms with Gasteiger partial charge in [-0.2, -0.15) is 10.5 Å². The van der Waals surface area contributed by atoms with Crippen LogP contribution in [0.4, 0.5) is 4.39 Å². The molecule has 0 atom stereocenters. The van der Waals surface area contributed by atoms with Crippen molar-refractivity contribution in [3.8, 4) is 17.9 Å². The maximum absolute atomic E-state index is 13.1. The molecule has 1 aromatic rings. The van der Waals surface area contributed by atoms with Gasteiger partial charge in [0.1, 0.15) is 29.3 Å². The molecule has 16 heavy (non-hydrogen) atoms. The zero-order valence-electron chi connectivity index (χ0n) is 8.70. The highest BCUT2D eigenvalue weighted by Crippen LogP contribution is 2.18. The first kappa shape index (κ1) is 11.7. The fourth-order valence-corrected chi connectivity index (χ4v) is 1.17. The third-order valence-electron chi connectivity index (χ3n) is 1.76. The zero-order valence-corrected chi connectivity index (χ0v) is 8.70. The first-order valence-electron chi connectivity index (χ1n) is 4.65. The van der Waals surface area contributed by atoms with Crippen molar-refractivity contribution in [2.24, 2.45) is 0 Å². The minimum absolute atomic E-state index is 0.0759. The Kier molecular flexibility index (Phi) is 4.06. The van der Waals surface area contributed by atoms with E-state index in [0.29, 0.717) is 17.9 Å². The standard InChI is InChI=1S/C12H9FN2O/c1-2-16-12-5-9(4-11(13)6-12)3-10(7-14)8-15/h3-6H,2H2,1H3. The van der Waals surface area contributed by atoms with Gasteiger partial charge in [-0.15, -0.1) is 0 Å². The number of ether oxygens (including phenoxy) is 1. The van der Waals surface area contributed by atoms with Crippen molar-refractivity contribution in [2.75, 3.05) is 6.61 Å². The van der Waals surface area contributed by atoms with Crippen LogP contribution in [0.1, 0.15) is 12.5 Å². The molecule has 0 aliphatic rings. The Hall–Kier alpha value is -2.33. The van der Waals surface area contributed by atoms with Crippen LogP contribution in [0.3, 0.4) is 0 Å². The van der Waals surface area contributed by atoms with E-state index in [4.69, 9.17) is 15.3 Å². The number of benzene rings is 1. The van der Waals surface area contributed by atoms with Crippen molar-refractivity contribution >= 4 is 6.08 Å². The molecule has 0 aromatic heterocycles. The van der Waals surface area contributed by atoms with Crippen LogP contribution in [0, 0.1) is 28.5 Å². The van der Waals surface area contributed by atoms with Crippen LogP contribution < -0.4 is 4.74 Å². The predicted octanol–water partition coefficient (Wildman–Crippen LogP) is 2.65. The van der Waals surface area contributed by atoms with Crippen molar-refractivity contribution in [3.63, 3.8) is 0 Å². The predicted molar refractivity (Wildman–Crippen MR) is 56.8 cm³/mol. The summed E-state index contributed by atoms with van der Waals surface area (Å²) < 4.78 is 18.3. The average molecular weight is 216 g/mol. The molecular weight excluding hydrogens is 207 g/mol. The number of hydrogen-bond donors (Lipinski definition) is 0. The Morgan fingerprint density at radius 2 is 2.06 bits per heavy atom. The van der Waals surface area contributed by atoms with Gasteiger partial charge in [0.05, 0.1) is 6.61 Å². The maximum Gasteiger partial charge on any atom is 0.130 e. The van der Waals surface area contributed by atoms with Crippen LogP contribution in [0.2, 0.25) is 0 Å². The Balaban J connectivity index is 3.12. The first-order valence-corrected chi connectivity index (χ1v) is 4.65. The smallest absolute Gasteiger partial charge is 0.130 e. The van der Waals surface area contributed by atoms with E-state index in [1.165, 1.54) is 18.2 Å². The molecule has 80 valence electrons. The van der Waals surface area contributed by atoms with Gasteiger partial charge in [-0.25, -0.2) is 4.39 Å². The molecule has 0 radical (unpaired) electrons. The third kappa shape index (κ3) is 3.11. The van der Waals surface area contributed by atoms with E-state index in [1.54, 1.807) is 25.1 Å². The maximum atomic E-state index is 13.1. The molecular formula is C12H9FN2O. The van der Waals surface area contributed by atoms with E-state index in [-0.39, 0.29) is 5.57 Å². The number of nitrogens with zero attached hydrogens (tertiary/aromatic N) is 2. The van der Waals surface area contributed by atoms with Crippen LogP contribution >= 0.6 is 0 Å². The molecule has 0 fully saturated rings. The molecule has 0 heterocycles. The van der Waals surface area contributed by atoms with Gasteiger partial charge in [0.25, 0.3) is 0 Å². The van der Waals surface area contributed by atoms with Crippen molar-refractivity contribution < 1.29 is 9.13 Å². The van der Waals surface area contributed by atoms with E-state index < -0.39 is 5.82 Å². The van der Waals surface area contributed by atoms with Crippen molar-refractivity contribution in [1.82, 2.24) is 0 Å². The highest BCUT2D eigenvalue weighted by atomic mass is 19.1. The van der Waals surface area contributed by atoms with Crippen LogP contribution in [0.25, 0.3) is 6.08 Å². The molecule has 0 amide bonds. The summed E-state index contributed by atoms with van der Waals surface area (Å²) in [7, 11) is 0. The first-order chi connectivity index (χ1) is 7.69. The fraction of sp³-hybridized carbons (Fsp3) is 0.167. The molecule has 0 unspecified atom stereocenters. The monoisotopic (exact) mass is 216 g/mol. The van der Waals surface area contributed by atoms with E-state index in [2.05, 4.69) is 0 Å². The molecule has 0 bridgehead atoms. The summed E-state index contributed by atoms with van der Waals surface area (Å²) in [5.41, 5.74) is 0.356. The summed E-state index contributed by atoms with van der Waals surface area (Å²) in [6, 6.07) is 7.47. The van der Waals surface area contributed by atoms with Crippen LogP contribution in [0.5, 0.6) is 5.75 Å². The summed E-state index contributed by atoms with van der Waals surface area (Å²) in [4.78, 5) is 0. The Bertz CT molecular complexity index is 479. The molecule has 0 aliphatic carbocycles. The molecule has 0 saturated heterocycles. The molecule has 0 saturated carbocycles. The minimum Gasteiger partial charge on any atom is -0.494 e. The van der Waals surface area contributed by atoms with Gasteiger partial charge in [0, 0.05) is 6.07 Å².